The highest BCUT2D eigenvalue weighted by molar-refractivity contribution is 5.97. The van der Waals surface area contributed by atoms with Gasteiger partial charge in [0.1, 0.15) is 6.33 Å². The number of fused-ring (bicyclic) bond motifs is 1. The molecule has 0 spiro atoms. The SMILES string of the molecule is Cc1ccc(N2CC(N(C)C)C2)cc1C(=O)NC1(c2ncnc3c2nnn3C)CC1. The van der Waals surface area contributed by atoms with E-state index in [0.717, 1.165) is 42.9 Å². The van der Waals surface area contributed by atoms with Crippen molar-refractivity contribution >= 4 is 22.8 Å². The van der Waals surface area contributed by atoms with Gasteiger partial charge in [-0.2, -0.15) is 0 Å². The molecule has 2 fully saturated rings. The Labute approximate surface area is 175 Å². The Morgan fingerprint density at radius 1 is 1.23 bits per heavy atom. The van der Waals surface area contributed by atoms with Crippen molar-refractivity contribution in [2.24, 2.45) is 7.05 Å². The van der Waals surface area contributed by atoms with Crippen LogP contribution >= 0.6 is 0 Å². The van der Waals surface area contributed by atoms with Crippen molar-refractivity contribution in [3.05, 3.63) is 41.3 Å². The van der Waals surface area contributed by atoms with E-state index < -0.39 is 5.54 Å². The predicted molar refractivity (Wildman–Crippen MR) is 113 cm³/mol. The lowest BCUT2D eigenvalue weighted by Crippen LogP contribution is -2.57. The smallest absolute Gasteiger partial charge is 0.252 e. The molecule has 3 heterocycles. The second kappa shape index (κ2) is 6.73. The summed E-state index contributed by atoms with van der Waals surface area (Å²) in [6.07, 6.45) is 3.18. The molecule has 1 aliphatic carbocycles. The minimum atomic E-state index is -0.497. The minimum Gasteiger partial charge on any atom is -0.368 e. The number of nitrogens with one attached hydrogen (secondary N) is 1. The Balaban J connectivity index is 1.40. The van der Waals surface area contributed by atoms with Gasteiger partial charge in [-0.1, -0.05) is 11.3 Å². The van der Waals surface area contributed by atoms with Crippen molar-refractivity contribution in [1.82, 2.24) is 35.2 Å². The number of amides is 1. The molecule has 1 saturated heterocycles. The van der Waals surface area contributed by atoms with Crippen LogP contribution in [-0.2, 0) is 12.6 Å². The fourth-order valence-corrected chi connectivity index (χ4v) is 4.08. The number of aryl methyl sites for hydroxylation is 2. The van der Waals surface area contributed by atoms with Crippen LogP contribution in [0, 0.1) is 6.92 Å². The van der Waals surface area contributed by atoms with Crippen LogP contribution in [0.1, 0.15) is 34.5 Å². The molecular formula is C21H26N8O. The van der Waals surface area contributed by atoms with Crippen molar-refractivity contribution in [3.63, 3.8) is 0 Å². The molecule has 2 aromatic heterocycles. The average Bonchev–Trinajstić information content (AvgIpc) is 3.36. The Bertz CT molecular complexity index is 1130. The Hall–Kier alpha value is -3.07. The van der Waals surface area contributed by atoms with Crippen LogP contribution in [0.5, 0.6) is 0 Å². The molecule has 0 radical (unpaired) electrons. The lowest BCUT2D eigenvalue weighted by Gasteiger charge is -2.44. The summed E-state index contributed by atoms with van der Waals surface area (Å²) < 4.78 is 1.63. The van der Waals surface area contributed by atoms with Gasteiger partial charge in [-0.15, -0.1) is 5.10 Å². The molecule has 0 atom stereocenters. The molecule has 1 aliphatic heterocycles. The zero-order valence-corrected chi connectivity index (χ0v) is 17.8. The summed E-state index contributed by atoms with van der Waals surface area (Å²) in [5, 5.41) is 11.5. The van der Waals surface area contributed by atoms with E-state index in [4.69, 9.17) is 0 Å². The number of anilines is 1. The summed E-state index contributed by atoms with van der Waals surface area (Å²) in [6.45, 7) is 3.93. The summed E-state index contributed by atoms with van der Waals surface area (Å²) in [5.74, 6) is -0.0767. The van der Waals surface area contributed by atoms with E-state index in [0.29, 0.717) is 22.8 Å². The standard InChI is InChI=1S/C21H26N8O/c1-13-5-6-14(29-10-15(11-29)27(2)3)9-16(13)20(30)24-21(7-8-21)18-17-19(23-12-22-18)28(4)26-25-17/h5-6,9,12,15H,7-8,10-11H2,1-4H3,(H,24,30). The molecule has 30 heavy (non-hydrogen) atoms. The molecule has 0 unspecified atom stereocenters. The maximum atomic E-state index is 13.3. The van der Waals surface area contributed by atoms with Crippen molar-refractivity contribution in [1.29, 1.82) is 0 Å². The van der Waals surface area contributed by atoms with Crippen LogP contribution in [0.4, 0.5) is 5.69 Å². The van der Waals surface area contributed by atoms with Gasteiger partial charge in [-0.3, -0.25) is 4.79 Å². The molecule has 2 aliphatic rings. The summed E-state index contributed by atoms with van der Waals surface area (Å²) in [4.78, 5) is 26.5. The van der Waals surface area contributed by atoms with Gasteiger partial charge < -0.3 is 15.1 Å². The van der Waals surface area contributed by atoms with Crippen LogP contribution in [0.3, 0.4) is 0 Å². The Morgan fingerprint density at radius 3 is 2.70 bits per heavy atom. The van der Waals surface area contributed by atoms with Crippen LogP contribution in [-0.4, -0.2) is 69.0 Å². The van der Waals surface area contributed by atoms with Crippen LogP contribution < -0.4 is 10.2 Å². The van der Waals surface area contributed by atoms with Gasteiger partial charge in [-0.05, 0) is 51.6 Å². The first kappa shape index (κ1) is 18.9. The Morgan fingerprint density at radius 2 is 2.00 bits per heavy atom. The lowest BCUT2D eigenvalue weighted by molar-refractivity contribution is 0.0929. The molecular weight excluding hydrogens is 380 g/mol. The number of carbonyl (C=O) groups is 1. The monoisotopic (exact) mass is 406 g/mol. The lowest BCUT2D eigenvalue weighted by atomic mass is 10.0. The van der Waals surface area contributed by atoms with E-state index in [9.17, 15) is 4.79 Å². The summed E-state index contributed by atoms with van der Waals surface area (Å²) >= 11 is 0. The van der Waals surface area contributed by atoms with E-state index in [2.05, 4.69) is 55.6 Å². The first-order valence-corrected chi connectivity index (χ1v) is 10.2. The Kier molecular flexibility index (Phi) is 4.25. The van der Waals surface area contributed by atoms with E-state index in [1.54, 1.807) is 11.7 Å². The number of nitrogens with zero attached hydrogens (tertiary/aromatic N) is 7. The molecule has 1 amide bonds. The second-order valence-electron chi connectivity index (χ2n) is 8.67. The van der Waals surface area contributed by atoms with Gasteiger partial charge in [0.15, 0.2) is 11.2 Å². The minimum absolute atomic E-state index is 0.0767. The highest BCUT2D eigenvalue weighted by atomic mass is 16.1. The maximum Gasteiger partial charge on any atom is 0.252 e. The number of carbonyl (C=O) groups excluding carboxylic acids is 1. The fourth-order valence-electron chi connectivity index (χ4n) is 4.08. The number of rotatable bonds is 5. The van der Waals surface area contributed by atoms with Crippen LogP contribution in [0.15, 0.2) is 24.5 Å². The van der Waals surface area contributed by atoms with Gasteiger partial charge in [0.2, 0.25) is 0 Å². The van der Waals surface area contributed by atoms with Crippen LogP contribution in [0.25, 0.3) is 11.2 Å². The van der Waals surface area contributed by atoms with Gasteiger partial charge in [-0.25, -0.2) is 14.6 Å². The topological polar surface area (TPSA) is 92.1 Å². The quantitative estimate of drug-likeness (QED) is 0.681. The third-order valence-corrected chi connectivity index (χ3v) is 6.37. The molecule has 0 bridgehead atoms. The molecule has 156 valence electrons. The summed E-state index contributed by atoms with van der Waals surface area (Å²) in [6, 6.07) is 6.69. The zero-order valence-electron chi connectivity index (χ0n) is 17.8. The summed E-state index contributed by atoms with van der Waals surface area (Å²) in [7, 11) is 6.01. The highest BCUT2D eigenvalue weighted by Crippen LogP contribution is 2.46. The van der Waals surface area contributed by atoms with Gasteiger partial charge in [0, 0.05) is 37.4 Å². The highest BCUT2D eigenvalue weighted by Gasteiger charge is 2.49. The number of likely N-dealkylation sites (N-methyl/N-ethyl adjacent to an activating group) is 1. The van der Waals surface area contributed by atoms with Crippen molar-refractivity contribution in [3.8, 4) is 0 Å². The number of benzene rings is 1. The zero-order chi connectivity index (χ0) is 21.0. The fraction of sp³-hybridized carbons (Fsp3) is 0.476. The van der Waals surface area contributed by atoms with Crippen molar-refractivity contribution in [2.75, 3.05) is 32.1 Å². The van der Waals surface area contributed by atoms with E-state index in [-0.39, 0.29) is 5.91 Å². The molecule has 9 heteroatoms. The first-order valence-electron chi connectivity index (χ1n) is 10.2. The van der Waals surface area contributed by atoms with E-state index >= 15 is 0 Å². The van der Waals surface area contributed by atoms with Gasteiger partial charge >= 0.3 is 0 Å². The number of hydrogen-bond acceptors (Lipinski definition) is 7. The molecule has 1 saturated carbocycles. The largest absolute Gasteiger partial charge is 0.368 e. The number of aromatic nitrogens is 5. The number of hydrogen-bond donors (Lipinski definition) is 1. The first-order chi connectivity index (χ1) is 14.4. The normalized spacial score (nSPS) is 18.0. The predicted octanol–water partition coefficient (Wildman–Crippen LogP) is 1.24. The maximum absolute atomic E-state index is 13.3. The van der Waals surface area contributed by atoms with Crippen LogP contribution in [0.2, 0.25) is 0 Å². The van der Waals surface area contributed by atoms with Gasteiger partial charge in [0.05, 0.1) is 11.2 Å². The molecule has 1 aromatic carbocycles. The summed E-state index contributed by atoms with van der Waals surface area (Å²) in [5.41, 5.74) is 4.33. The van der Waals surface area contributed by atoms with E-state index in [1.807, 2.05) is 19.1 Å². The molecule has 9 nitrogen and oxygen atoms in total. The van der Waals surface area contributed by atoms with E-state index in [1.165, 1.54) is 6.33 Å². The third kappa shape index (κ3) is 3.00. The molecule has 3 aromatic rings. The van der Waals surface area contributed by atoms with Crippen molar-refractivity contribution in [2.45, 2.75) is 31.3 Å². The molecule has 5 rings (SSSR count). The van der Waals surface area contributed by atoms with Gasteiger partial charge in [0.25, 0.3) is 5.91 Å². The second-order valence-corrected chi connectivity index (χ2v) is 8.67. The van der Waals surface area contributed by atoms with Crippen molar-refractivity contribution < 1.29 is 4.79 Å². The molecule has 1 N–H and O–H groups in total. The third-order valence-electron chi connectivity index (χ3n) is 6.37. The average molecular weight is 406 g/mol.